The Morgan fingerprint density at radius 1 is 0.857 bits per heavy atom. The van der Waals surface area contributed by atoms with Crippen LogP contribution in [0.2, 0.25) is 0 Å². The maximum atomic E-state index is 11.5. The molecule has 28 heavy (non-hydrogen) atoms. The van der Waals surface area contributed by atoms with E-state index in [-0.39, 0.29) is 75.9 Å². The molecule has 0 fully saturated rings. The van der Waals surface area contributed by atoms with Crippen molar-refractivity contribution in [1.82, 2.24) is 0 Å². The normalized spacial score (nSPS) is 11.5. The zero-order chi connectivity index (χ0) is 19.7. The number of nitrogens with two attached hydrogens (primary N) is 1. The van der Waals surface area contributed by atoms with E-state index in [1.807, 2.05) is 0 Å². The first-order chi connectivity index (χ1) is 11.9. The second kappa shape index (κ2) is 10.3. The van der Waals surface area contributed by atoms with Gasteiger partial charge in [0.15, 0.2) is 0 Å². The molecule has 0 aliphatic rings. The third-order valence-electron chi connectivity index (χ3n) is 3.24. The van der Waals surface area contributed by atoms with Gasteiger partial charge in [0.25, 0.3) is 25.9 Å². The average Bonchev–Trinajstić information content (AvgIpc) is 2.51. The van der Waals surface area contributed by atoms with Gasteiger partial charge in [-0.3, -0.25) is 19.2 Å². The Balaban J connectivity index is 0.00000364. The maximum absolute atomic E-state index is 11.5. The van der Waals surface area contributed by atoms with E-state index in [0.29, 0.717) is 6.07 Å². The molecule has 2 aromatic rings. The first-order valence-corrected chi connectivity index (χ1v) is 9.58. The summed E-state index contributed by atoms with van der Waals surface area (Å²) in [5.74, 6) is 0. The molecular formula is C14H14N2Na2O8S2. The fraction of sp³-hybridized carbons (Fsp3) is 0. The van der Waals surface area contributed by atoms with E-state index in [4.69, 9.17) is 5.73 Å². The minimum absolute atomic E-state index is 0. The van der Waals surface area contributed by atoms with Crippen LogP contribution in [0.5, 0.6) is 0 Å². The van der Waals surface area contributed by atoms with Gasteiger partial charge in [-0.05, 0) is 29.3 Å². The number of hydrogen-bond donors (Lipinski definition) is 3. The average molecular weight is 448 g/mol. The van der Waals surface area contributed by atoms with Crippen LogP contribution in [0.3, 0.4) is 0 Å². The number of non-ortho nitro benzene ring substituents is 1. The molecule has 0 saturated heterocycles. The second-order valence-corrected chi connectivity index (χ2v) is 7.84. The van der Waals surface area contributed by atoms with E-state index >= 15 is 0 Å². The van der Waals surface area contributed by atoms with E-state index in [1.54, 1.807) is 0 Å². The number of benzene rings is 2. The number of hydrogen-bond acceptors (Lipinski definition) is 7. The number of nitrogens with zero attached hydrogens (tertiary/aromatic N) is 1. The van der Waals surface area contributed by atoms with Crippen LogP contribution in [0.4, 0.5) is 11.4 Å². The third kappa shape index (κ3) is 6.91. The van der Waals surface area contributed by atoms with Crippen LogP contribution in [-0.4, -0.2) is 90.0 Å². The van der Waals surface area contributed by atoms with Crippen molar-refractivity contribution in [2.45, 2.75) is 9.79 Å². The van der Waals surface area contributed by atoms with Crippen molar-refractivity contribution in [2.75, 3.05) is 5.73 Å². The molecule has 10 nitrogen and oxygen atoms in total. The Morgan fingerprint density at radius 2 is 1.29 bits per heavy atom. The number of nitrogen functional groups attached to an aromatic ring is 1. The molecule has 0 aliphatic carbocycles. The summed E-state index contributed by atoms with van der Waals surface area (Å²) in [5.41, 5.74) is 4.86. The molecule has 2 aromatic carbocycles. The second-order valence-electron chi connectivity index (χ2n) is 5.06. The van der Waals surface area contributed by atoms with Crippen molar-refractivity contribution < 1.29 is 30.9 Å². The van der Waals surface area contributed by atoms with Gasteiger partial charge in [-0.1, -0.05) is 18.2 Å². The van der Waals surface area contributed by atoms with Crippen molar-refractivity contribution in [3.63, 3.8) is 0 Å². The Morgan fingerprint density at radius 3 is 1.71 bits per heavy atom. The van der Waals surface area contributed by atoms with Crippen LogP contribution in [-0.2, 0) is 20.2 Å². The van der Waals surface area contributed by atoms with Crippen LogP contribution in [0, 0.1) is 10.1 Å². The monoisotopic (exact) mass is 448 g/mol. The molecule has 0 saturated carbocycles. The van der Waals surface area contributed by atoms with E-state index in [2.05, 4.69) is 0 Å². The van der Waals surface area contributed by atoms with Crippen LogP contribution in [0.25, 0.3) is 12.2 Å². The fourth-order valence-electron chi connectivity index (χ4n) is 2.09. The Bertz CT molecular complexity index is 1130. The molecule has 0 spiro atoms. The molecule has 0 aliphatic heterocycles. The summed E-state index contributed by atoms with van der Waals surface area (Å²) in [6, 6.07) is 6.39. The number of rotatable bonds is 5. The van der Waals surface area contributed by atoms with Gasteiger partial charge < -0.3 is 5.73 Å². The SMILES string of the molecule is Nc1ccc(/C=C/c2ccc([N+](=O)[O-])cc2S(=O)(=O)O)c(S(=O)(=O)O)c1.[NaH].[NaH]. The zero-order valence-corrected chi connectivity index (χ0v) is 14.4. The van der Waals surface area contributed by atoms with Gasteiger partial charge in [0.2, 0.25) is 0 Å². The summed E-state index contributed by atoms with van der Waals surface area (Å²) in [7, 11) is -9.39. The molecule has 0 unspecified atom stereocenters. The number of nitro benzene ring substituents is 1. The molecule has 0 aromatic heterocycles. The van der Waals surface area contributed by atoms with Crippen molar-refractivity contribution >= 4 is 103 Å². The fourth-order valence-corrected chi connectivity index (χ4v) is 3.51. The van der Waals surface area contributed by atoms with Crippen LogP contribution in [0.1, 0.15) is 11.1 Å². The summed E-state index contributed by atoms with van der Waals surface area (Å²) < 4.78 is 64.3. The molecule has 14 heteroatoms. The van der Waals surface area contributed by atoms with E-state index in [9.17, 15) is 36.1 Å². The first kappa shape index (κ1) is 27.2. The van der Waals surface area contributed by atoms with Crippen LogP contribution in [0.15, 0.2) is 46.2 Å². The Hall–Kier alpha value is -0.800. The molecule has 142 valence electrons. The van der Waals surface area contributed by atoms with E-state index in [0.717, 1.165) is 30.4 Å². The van der Waals surface area contributed by atoms with Gasteiger partial charge in [-0.15, -0.1) is 0 Å². The van der Waals surface area contributed by atoms with Gasteiger partial charge in [0.05, 0.1) is 4.92 Å². The predicted molar refractivity (Wildman–Crippen MR) is 107 cm³/mol. The molecule has 0 radical (unpaired) electrons. The standard InChI is InChI=1S/C14H12N2O8S2.2Na.2H/c15-11-5-3-9(13(7-11)25(19,20)21)1-2-10-4-6-12(16(17)18)8-14(10)26(22,23)24;;;;/h1-8H,15H2,(H,19,20,21)(H,22,23,24);;;;/b2-1+;;;;. The zero-order valence-electron chi connectivity index (χ0n) is 12.8. The summed E-state index contributed by atoms with van der Waals surface area (Å²) in [6.45, 7) is 0. The molecule has 2 rings (SSSR count). The molecule has 0 amide bonds. The summed E-state index contributed by atoms with van der Waals surface area (Å²) in [4.78, 5) is 8.69. The first-order valence-electron chi connectivity index (χ1n) is 6.70. The molecular weight excluding hydrogens is 434 g/mol. The van der Waals surface area contributed by atoms with E-state index < -0.39 is 40.6 Å². The third-order valence-corrected chi connectivity index (χ3v) is 5.06. The Labute approximate surface area is 205 Å². The number of nitro groups is 1. The van der Waals surface area contributed by atoms with Gasteiger partial charge in [0.1, 0.15) is 9.79 Å². The van der Waals surface area contributed by atoms with Gasteiger partial charge in [-0.2, -0.15) is 16.8 Å². The topological polar surface area (TPSA) is 178 Å². The minimum atomic E-state index is -4.78. The molecule has 4 N–H and O–H groups in total. The summed E-state index contributed by atoms with van der Waals surface area (Å²) in [5, 5.41) is 10.8. The summed E-state index contributed by atoms with van der Waals surface area (Å²) in [6.07, 6.45) is 2.27. The number of anilines is 1. The van der Waals surface area contributed by atoms with Crippen molar-refractivity contribution in [1.29, 1.82) is 0 Å². The van der Waals surface area contributed by atoms with E-state index in [1.165, 1.54) is 12.1 Å². The van der Waals surface area contributed by atoms with Crippen molar-refractivity contribution in [3.8, 4) is 0 Å². The Kier molecular flexibility index (Phi) is 10.0. The summed E-state index contributed by atoms with van der Waals surface area (Å²) >= 11 is 0. The molecule has 0 heterocycles. The van der Waals surface area contributed by atoms with Gasteiger partial charge in [0, 0.05) is 17.8 Å². The molecule has 0 atom stereocenters. The van der Waals surface area contributed by atoms with Gasteiger partial charge in [-0.25, -0.2) is 0 Å². The van der Waals surface area contributed by atoms with Crippen molar-refractivity contribution in [2.24, 2.45) is 0 Å². The van der Waals surface area contributed by atoms with Crippen molar-refractivity contribution in [3.05, 3.63) is 57.6 Å². The molecule has 0 bridgehead atoms. The van der Waals surface area contributed by atoms with Crippen LogP contribution >= 0.6 is 0 Å². The van der Waals surface area contributed by atoms with Gasteiger partial charge >= 0.3 is 59.1 Å². The predicted octanol–water partition coefficient (Wildman–Crippen LogP) is 0.544. The van der Waals surface area contributed by atoms with Crippen LogP contribution < -0.4 is 5.73 Å². The quantitative estimate of drug-likeness (QED) is 0.147.